The molecule has 0 saturated heterocycles. The van der Waals surface area contributed by atoms with E-state index in [9.17, 15) is 0 Å². The first-order valence-corrected chi connectivity index (χ1v) is 7.79. The van der Waals surface area contributed by atoms with Crippen molar-refractivity contribution in [1.82, 2.24) is 0 Å². The summed E-state index contributed by atoms with van der Waals surface area (Å²) in [5.74, 6) is 0. The number of halogens is 2. The van der Waals surface area contributed by atoms with Gasteiger partial charge in [0.1, 0.15) is 6.63 Å². The summed E-state index contributed by atoms with van der Waals surface area (Å²) < 4.78 is 0. The van der Waals surface area contributed by atoms with E-state index in [1.165, 1.54) is 10.5 Å². The molecule has 0 amide bonds. The Hall–Kier alpha value is 0.580. The molecule has 1 rings (SSSR count). The molecule has 0 aromatic heterocycles. The summed E-state index contributed by atoms with van der Waals surface area (Å²) in [5.41, 5.74) is 1.17. The van der Waals surface area contributed by atoms with Crippen LogP contribution in [0.25, 0.3) is 0 Å². The Labute approximate surface area is 88.0 Å². The van der Waals surface area contributed by atoms with Gasteiger partial charge in [-0.1, -0.05) is 28.5 Å². The van der Waals surface area contributed by atoms with E-state index in [-0.39, 0.29) is 0 Å². The van der Waals surface area contributed by atoms with E-state index in [0.717, 1.165) is 5.30 Å². The van der Waals surface area contributed by atoms with Gasteiger partial charge in [0, 0.05) is 10.2 Å². The van der Waals surface area contributed by atoms with Crippen LogP contribution in [0.4, 0.5) is 0 Å². The molecule has 0 spiro atoms. The third-order valence-corrected chi connectivity index (χ3v) is 4.26. The molecule has 0 unspecified atom stereocenters. The van der Waals surface area contributed by atoms with Crippen LogP contribution >= 0.6 is 40.9 Å². The van der Waals surface area contributed by atoms with Crippen LogP contribution in [0.3, 0.4) is 0 Å². The number of aryl methyl sites for hydroxylation is 1. The van der Waals surface area contributed by atoms with E-state index in [1.54, 1.807) is 11.8 Å². The van der Waals surface area contributed by atoms with Crippen molar-refractivity contribution in [3.8, 4) is 0 Å². The number of thioether (sulfide) groups is 1. The first-order chi connectivity index (χ1) is 5.65. The predicted octanol–water partition coefficient (Wildman–Crippen LogP) is 4.13. The van der Waals surface area contributed by atoms with Crippen LogP contribution < -0.4 is 5.30 Å². The molecule has 0 atom stereocenters. The summed E-state index contributed by atoms with van der Waals surface area (Å²) in [5, 5.41) is 1.07. The first-order valence-electron chi connectivity index (χ1n) is 3.41. The predicted molar refractivity (Wildman–Crippen MR) is 61.2 cm³/mol. The van der Waals surface area contributed by atoms with Crippen molar-refractivity contribution in [3.63, 3.8) is 0 Å². The summed E-state index contributed by atoms with van der Waals surface area (Å²) in [7, 11) is 0. The smallest absolute Gasteiger partial charge is 0.117 e. The molecule has 0 nitrogen and oxygen atoms in total. The van der Waals surface area contributed by atoms with Crippen LogP contribution in [-0.2, 0) is 0 Å². The van der Waals surface area contributed by atoms with Gasteiger partial charge in [-0.15, -0.1) is 11.8 Å². The van der Waals surface area contributed by atoms with Crippen molar-refractivity contribution in [3.05, 3.63) is 23.8 Å². The second-order valence-electron chi connectivity index (χ2n) is 2.39. The second-order valence-corrected chi connectivity index (χ2v) is 6.76. The highest BCUT2D eigenvalue weighted by Crippen LogP contribution is 2.46. The van der Waals surface area contributed by atoms with E-state index in [4.69, 9.17) is 22.5 Å². The Morgan fingerprint density at radius 2 is 2.00 bits per heavy atom. The molecule has 0 radical (unpaired) electrons. The molecule has 0 bridgehead atoms. The molecule has 66 valence electrons. The van der Waals surface area contributed by atoms with Gasteiger partial charge in [-0.2, -0.15) is 0 Å². The van der Waals surface area contributed by atoms with Gasteiger partial charge >= 0.3 is 0 Å². The Kier molecular flexibility index (Phi) is 4.19. The first kappa shape index (κ1) is 10.7. The topological polar surface area (TPSA) is 0 Å². The van der Waals surface area contributed by atoms with Crippen LogP contribution in [0, 0.1) is 6.92 Å². The highest BCUT2D eigenvalue weighted by molar-refractivity contribution is 8.09. The third kappa shape index (κ3) is 2.53. The normalized spacial score (nSPS) is 10.8. The van der Waals surface area contributed by atoms with Crippen molar-refractivity contribution in [1.29, 1.82) is 0 Å². The molecule has 4 heteroatoms. The number of hydrogen-bond acceptors (Lipinski definition) is 1. The molecular formula is C8H9Cl2PS. The molecule has 0 N–H and O–H groups in total. The largest absolute Gasteiger partial charge is 0.130 e. The van der Waals surface area contributed by atoms with Crippen molar-refractivity contribution in [2.24, 2.45) is 0 Å². The minimum Gasteiger partial charge on any atom is -0.130 e. The molecule has 0 aliphatic heterocycles. The minimum absolute atomic E-state index is 1.01. The molecule has 1 aromatic carbocycles. The lowest BCUT2D eigenvalue weighted by atomic mass is 10.2. The summed E-state index contributed by atoms with van der Waals surface area (Å²) in [6.45, 7) is 1.02. The maximum Gasteiger partial charge on any atom is 0.117 e. The molecule has 0 fully saturated rings. The third-order valence-electron chi connectivity index (χ3n) is 1.60. The number of rotatable bonds is 2. The zero-order chi connectivity index (χ0) is 9.14. The fourth-order valence-electron chi connectivity index (χ4n) is 0.898. The molecule has 0 aliphatic carbocycles. The quantitative estimate of drug-likeness (QED) is 0.552. The highest BCUT2D eigenvalue weighted by atomic mass is 35.9. The zero-order valence-electron chi connectivity index (χ0n) is 6.84. The molecule has 0 aliphatic rings. The second kappa shape index (κ2) is 4.72. The average molecular weight is 239 g/mol. The fraction of sp³-hybridized carbons (Fsp3) is 0.250. The van der Waals surface area contributed by atoms with Gasteiger partial charge in [0.25, 0.3) is 0 Å². The number of hydrogen-bond donors (Lipinski definition) is 0. The van der Waals surface area contributed by atoms with E-state index in [1.807, 2.05) is 13.2 Å². The summed E-state index contributed by atoms with van der Waals surface area (Å²) in [4.78, 5) is 1.21. The zero-order valence-corrected chi connectivity index (χ0v) is 10.1. The Balaban J connectivity index is 3.08. The lowest BCUT2D eigenvalue weighted by molar-refractivity contribution is 1.42. The molecule has 12 heavy (non-hydrogen) atoms. The summed E-state index contributed by atoms with van der Waals surface area (Å²) in [6, 6.07) is 6.20. The standard InChI is InChI=1S/C8H9Cl2PS/c1-6-3-4-7(12-2)5-8(6)11(9)10/h3-5H,1-2H3. The van der Waals surface area contributed by atoms with Gasteiger partial charge in [-0.05, 0) is 30.9 Å². The lowest BCUT2D eigenvalue weighted by Gasteiger charge is -2.06. The van der Waals surface area contributed by atoms with Gasteiger partial charge in [-0.3, -0.25) is 0 Å². The van der Waals surface area contributed by atoms with E-state index in [0.29, 0.717) is 0 Å². The van der Waals surface area contributed by atoms with E-state index >= 15 is 0 Å². The van der Waals surface area contributed by atoms with Crippen molar-refractivity contribution >= 4 is 46.2 Å². The van der Waals surface area contributed by atoms with Crippen LogP contribution in [0.15, 0.2) is 23.1 Å². The molecule has 0 saturated carbocycles. The van der Waals surface area contributed by atoms with Gasteiger partial charge in [0.05, 0.1) is 0 Å². The van der Waals surface area contributed by atoms with Crippen LogP contribution in [0.1, 0.15) is 5.56 Å². The molecule has 0 heterocycles. The van der Waals surface area contributed by atoms with Gasteiger partial charge in [-0.25, -0.2) is 0 Å². The Bertz CT molecular complexity index is 276. The maximum absolute atomic E-state index is 5.86. The van der Waals surface area contributed by atoms with E-state index < -0.39 is 6.63 Å². The Morgan fingerprint density at radius 1 is 1.33 bits per heavy atom. The highest BCUT2D eigenvalue weighted by Gasteiger charge is 2.07. The minimum atomic E-state index is -1.01. The van der Waals surface area contributed by atoms with Crippen molar-refractivity contribution < 1.29 is 0 Å². The summed E-state index contributed by atoms with van der Waals surface area (Å²) >= 11 is 13.4. The average Bonchev–Trinajstić information content (AvgIpc) is 2.05. The lowest BCUT2D eigenvalue weighted by Crippen LogP contribution is -2.00. The van der Waals surface area contributed by atoms with Gasteiger partial charge < -0.3 is 0 Å². The maximum atomic E-state index is 5.86. The van der Waals surface area contributed by atoms with Crippen molar-refractivity contribution in [2.45, 2.75) is 11.8 Å². The van der Waals surface area contributed by atoms with Gasteiger partial charge in [0.2, 0.25) is 0 Å². The SMILES string of the molecule is CSc1ccc(C)c(P(Cl)Cl)c1. The van der Waals surface area contributed by atoms with Crippen molar-refractivity contribution in [2.75, 3.05) is 6.26 Å². The summed E-state index contributed by atoms with van der Waals surface area (Å²) in [6.07, 6.45) is 2.04. The van der Waals surface area contributed by atoms with Crippen LogP contribution in [0.2, 0.25) is 0 Å². The fourth-order valence-corrected chi connectivity index (χ4v) is 3.10. The van der Waals surface area contributed by atoms with E-state index in [2.05, 4.69) is 18.2 Å². The number of benzene rings is 1. The molecule has 1 aromatic rings. The van der Waals surface area contributed by atoms with Gasteiger partial charge in [0.15, 0.2) is 0 Å². The molecular weight excluding hydrogens is 230 g/mol. The monoisotopic (exact) mass is 238 g/mol. The van der Waals surface area contributed by atoms with Crippen LogP contribution in [0.5, 0.6) is 0 Å². The Morgan fingerprint density at radius 3 is 2.50 bits per heavy atom. The van der Waals surface area contributed by atoms with Crippen LogP contribution in [-0.4, -0.2) is 6.26 Å².